The predicted molar refractivity (Wildman–Crippen MR) is 80.0 cm³/mol. The molecule has 21 heavy (non-hydrogen) atoms. The summed E-state index contributed by atoms with van der Waals surface area (Å²) in [4.78, 5) is 4.14. The fourth-order valence-corrected chi connectivity index (χ4v) is 4.10. The number of ether oxygens (including phenoxy) is 1. The number of hydrogen-bond acceptors (Lipinski definition) is 4. The Morgan fingerprint density at radius 1 is 1.33 bits per heavy atom. The van der Waals surface area contributed by atoms with E-state index in [0.29, 0.717) is 18.7 Å². The topological polar surface area (TPSA) is 61.2 Å². The van der Waals surface area contributed by atoms with E-state index in [9.17, 15) is 8.42 Å². The van der Waals surface area contributed by atoms with E-state index >= 15 is 0 Å². The maximum atomic E-state index is 12.1. The van der Waals surface area contributed by atoms with Crippen LogP contribution in [0.3, 0.4) is 0 Å². The van der Waals surface area contributed by atoms with Crippen molar-refractivity contribution in [3.05, 3.63) is 47.9 Å². The van der Waals surface area contributed by atoms with Crippen LogP contribution in [0.2, 0.25) is 0 Å². The number of hydrogen-bond donors (Lipinski definition) is 0. The number of sulfone groups is 1. The standard InChI is InChI=1S/C15H18N2O3S/c1-17-9-15(16-10-17)20-12-7-11-5-3-4-6-13(11)14(8-12)21(2,18)19/h3-6,9-10,12,14H,7-8H2,1-2H3/t12-,14?/m1/s1. The fraction of sp³-hybridized carbons (Fsp3) is 0.400. The summed E-state index contributed by atoms with van der Waals surface area (Å²) in [5, 5.41) is -0.504. The number of rotatable bonds is 3. The largest absolute Gasteiger partial charge is 0.473 e. The molecule has 2 atom stereocenters. The molecule has 112 valence electrons. The van der Waals surface area contributed by atoms with Gasteiger partial charge < -0.3 is 9.30 Å². The summed E-state index contributed by atoms with van der Waals surface area (Å²) in [5.41, 5.74) is 1.95. The Labute approximate surface area is 124 Å². The van der Waals surface area contributed by atoms with Gasteiger partial charge in [-0.15, -0.1) is 0 Å². The first-order valence-corrected chi connectivity index (χ1v) is 8.80. The van der Waals surface area contributed by atoms with Gasteiger partial charge in [-0.1, -0.05) is 24.3 Å². The molecule has 1 aliphatic rings. The highest BCUT2D eigenvalue weighted by Crippen LogP contribution is 2.36. The molecule has 1 unspecified atom stereocenters. The zero-order chi connectivity index (χ0) is 15.0. The van der Waals surface area contributed by atoms with Crippen LogP contribution in [-0.4, -0.2) is 30.3 Å². The van der Waals surface area contributed by atoms with Gasteiger partial charge in [-0.05, 0) is 11.1 Å². The van der Waals surface area contributed by atoms with Crippen molar-refractivity contribution in [3.8, 4) is 5.88 Å². The average Bonchev–Trinajstić information content (AvgIpc) is 2.82. The van der Waals surface area contributed by atoms with E-state index in [-0.39, 0.29) is 6.10 Å². The number of aryl methyl sites for hydroxylation is 1. The van der Waals surface area contributed by atoms with Gasteiger partial charge >= 0.3 is 0 Å². The summed E-state index contributed by atoms with van der Waals surface area (Å²) in [7, 11) is -1.29. The lowest BCUT2D eigenvalue weighted by Gasteiger charge is -2.30. The summed E-state index contributed by atoms with van der Waals surface area (Å²) < 4.78 is 31.8. The maximum absolute atomic E-state index is 12.1. The van der Waals surface area contributed by atoms with Crippen LogP contribution in [-0.2, 0) is 23.3 Å². The molecule has 0 fully saturated rings. The van der Waals surface area contributed by atoms with Crippen LogP contribution < -0.4 is 4.74 Å². The van der Waals surface area contributed by atoms with Crippen LogP contribution >= 0.6 is 0 Å². The molecule has 0 aliphatic heterocycles. The molecule has 0 bridgehead atoms. The second kappa shape index (κ2) is 5.18. The van der Waals surface area contributed by atoms with Gasteiger partial charge in [0.25, 0.3) is 0 Å². The quantitative estimate of drug-likeness (QED) is 0.869. The Morgan fingerprint density at radius 3 is 2.76 bits per heavy atom. The minimum atomic E-state index is -3.16. The number of fused-ring (bicyclic) bond motifs is 1. The minimum Gasteiger partial charge on any atom is -0.473 e. The van der Waals surface area contributed by atoms with E-state index in [4.69, 9.17) is 4.74 Å². The highest BCUT2D eigenvalue weighted by Gasteiger charge is 2.34. The molecule has 5 nitrogen and oxygen atoms in total. The monoisotopic (exact) mass is 306 g/mol. The normalized spacial score (nSPS) is 21.8. The lowest BCUT2D eigenvalue weighted by Crippen LogP contribution is -2.31. The molecule has 1 aromatic carbocycles. The third-order valence-corrected chi connectivity index (χ3v) is 5.29. The first-order valence-electron chi connectivity index (χ1n) is 6.85. The molecular weight excluding hydrogens is 288 g/mol. The number of benzene rings is 1. The van der Waals surface area contributed by atoms with Gasteiger partial charge in [-0.3, -0.25) is 0 Å². The number of nitrogens with zero attached hydrogens (tertiary/aromatic N) is 2. The summed E-state index contributed by atoms with van der Waals surface area (Å²) in [6.07, 6.45) is 5.74. The van der Waals surface area contributed by atoms with Crippen LogP contribution in [0.25, 0.3) is 0 Å². The van der Waals surface area contributed by atoms with Crippen LogP contribution in [0.15, 0.2) is 36.8 Å². The Bertz CT molecular complexity index is 752. The van der Waals surface area contributed by atoms with E-state index in [1.165, 1.54) is 6.26 Å². The Hall–Kier alpha value is -1.82. The molecule has 0 radical (unpaired) electrons. The van der Waals surface area contributed by atoms with Crippen LogP contribution in [0.4, 0.5) is 0 Å². The fourth-order valence-electron chi connectivity index (χ4n) is 2.84. The van der Waals surface area contributed by atoms with Crippen molar-refractivity contribution >= 4 is 9.84 Å². The molecule has 0 saturated carbocycles. The van der Waals surface area contributed by atoms with Gasteiger partial charge in [0.1, 0.15) is 6.10 Å². The summed E-state index contributed by atoms with van der Waals surface area (Å²) >= 11 is 0. The molecule has 6 heteroatoms. The van der Waals surface area contributed by atoms with Gasteiger partial charge in [0.05, 0.1) is 17.8 Å². The molecule has 1 aliphatic carbocycles. The van der Waals surface area contributed by atoms with Crippen molar-refractivity contribution in [2.45, 2.75) is 24.2 Å². The summed E-state index contributed by atoms with van der Waals surface area (Å²) in [6.45, 7) is 0. The zero-order valence-corrected chi connectivity index (χ0v) is 12.9. The predicted octanol–water partition coefficient (Wildman–Crippen LogP) is 1.90. The Kier molecular flexibility index (Phi) is 3.49. The van der Waals surface area contributed by atoms with Gasteiger partial charge in [-0.2, -0.15) is 0 Å². The van der Waals surface area contributed by atoms with E-state index < -0.39 is 15.1 Å². The molecule has 3 rings (SSSR count). The second-order valence-electron chi connectivity index (χ2n) is 5.57. The smallest absolute Gasteiger partial charge is 0.231 e. The molecule has 0 amide bonds. The van der Waals surface area contributed by atoms with Crippen molar-refractivity contribution < 1.29 is 13.2 Å². The van der Waals surface area contributed by atoms with Gasteiger partial charge in [0, 0.05) is 26.1 Å². The second-order valence-corrected chi connectivity index (χ2v) is 7.80. The van der Waals surface area contributed by atoms with Crippen molar-refractivity contribution in [3.63, 3.8) is 0 Å². The maximum Gasteiger partial charge on any atom is 0.231 e. The average molecular weight is 306 g/mol. The van der Waals surface area contributed by atoms with E-state index in [1.54, 1.807) is 17.1 Å². The van der Waals surface area contributed by atoms with Gasteiger partial charge in [0.2, 0.25) is 5.88 Å². The van der Waals surface area contributed by atoms with E-state index in [1.807, 2.05) is 31.3 Å². The number of imidazole rings is 1. The molecule has 0 N–H and O–H groups in total. The summed E-state index contributed by atoms with van der Waals surface area (Å²) in [5.74, 6) is 0.536. The van der Waals surface area contributed by atoms with Gasteiger partial charge in [0.15, 0.2) is 9.84 Å². The van der Waals surface area contributed by atoms with Gasteiger partial charge in [-0.25, -0.2) is 13.4 Å². The highest BCUT2D eigenvalue weighted by atomic mass is 32.2. The summed E-state index contributed by atoms with van der Waals surface area (Å²) in [6, 6.07) is 7.69. The Balaban J connectivity index is 1.90. The van der Waals surface area contributed by atoms with E-state index in [0.717, 1.165) is 11.1 Å². The molecule has 1 aromatic heterocycles. The Morgan fingerprint density at radius 2 is 2.10 bits per heavy atom. The zero-order valence-electron chi connectivity index (χ0n) is 12.1. The first-order chi connectivity index (χ1) is 9.93. The van der Waals surface area contributed by atoms with Crippen molar-refractivity contribution in [2.24, 2.45) is 7.05 Å². The highest BCUT2D eigenvalue weighted by molar-refractivity contribution is 7.90. The van der Waals surface area contributed by atoms with E-state index in [2.05, 4.69) is 4.98 Å². The third-order valence-electron chi connectivity index (χ3n) is 3.81. The molecule has 0 spiro atoms. The lowest BCUT2D eigenvalue weighted by molar-refractivity contribution is 0.175. The molecule has 2 aromatic rings. The van der Waals surface area contributed by atoms with Crippen molar-refractivity contribution in [2.75, 3.05) is 6.26 Å². The first kappa shape index (κ1) is 14.1. The van der Waals surface area contributed by atoms with Crippen LogP contribution in [0.1, 0.15) is 22.8 Å². The van der Waals surface area contributed by atoms with Crippen LogP contribution in [0.5, 0.6) is 5.88 Å². The third kappa shape index (κ3) is 2.95. The lowest BCUT2D eigenvalue weighted by atomic mass is 9.89. The number of aromatic nitrogens is 2. The van der Waals surface area contributed by atoms with Crippen molar-refractivity contribution in [1.29, 1.82) is 0 Å². The SMILES string of the molecule is Cn1cnc(O[C@@H]2Cc3ccccc3C(S(C)(=O)=O)C2)c1. The molecular formula is C15H18N2O3S. The molecule has 1 heterocycles. The minimum absolute atomic E-state index is 0.172. The molecule has 0 saturated heterocycles. The van der Waals surface area contributed by atoms with Crippen molar-refractivity contribution in [1.82, 2.24) is 9.55 Å². The van der Waals surface area contributed by atoms with Crippen LogP contribution in [0, 0.1) is 0 Å².